The van der Waals surface area contributed by atoms with Gasteiger partial charge in [-0.25, -0.2) is 4.98 Å². The van der Waals surface area contributed by atoms with Crippen molar-refractivity contribution >= 4 is 22.5 Å². The SMILES string of the molecule is Cc1cc2cc(C)c(Cl)nc2cc1C. The first-order chi connectivity index (χ1) is 6.58. The standard InChI is InChI=1S/C12H12ClN/c1-7-4-10-5-9(3)12(13)14-11(10)6-8(7)2/h4-6H,1-3H3. The smallest absolute Gasteiger partial charge is 0.132 e. The number of benzene rings is 1. The highest BCUT2D eigenvalue weighted by Gasteiger charge is 2.02. The van der Waals surface area contributed by atoms with E-state index >= 15 is 0 Å². The second-order valence-corrected chi connectivity index (χ2v) is 4.08. The van der Waals surface area contributed by atoms with Crippen LogP contribution in [0.1, 0.15) is 16.7 Å². The molecular weight excluding hydrogens is 194 g/mol. The number of halogens is 1. The van der Waals surface area contributed by atoms with Gasteiger partial charge in [-0.3, -0.25) is 0 Å². The van der Waals surface area contributed by atoms with Crippen molar-refractivity contribution in [3.63, 3.8) is 0 Å². The third-order valence-electron chi connectivity index (χ3n) is 2.56. The Morgan fingerprint density at radius 2 is 1.50 bits per heavy atom. The molecule has 0 unspecified atom stereocenters. The van der Waals surface area contributed by atoms with Gasteiger partial charge in [-0.2, -0.15) is 0 Å². The topological polar surface area (TPSA) is 12.9 Å². The van der Waals surface area contributed by atoms with E-state index in [9.17, 15) is 0 Å². The fraction of sp³-hybridized carbons (Fsp3) is 0.250. The lowest BCUT2D eigenvalue weighted by molar-refractivity contribution is 1.30. The summed E-state index contributed by atoms with van der Waals surface area (Å²) in [6.07, 6.45) is 0. The maximum absolute atomic E-state index is 5.97. The average molecular weight is 206 g/mol. The molecule has 72 valence electrons. The summed E-state index contributed by atoms with van der Waals surface area (Å²) in [4.78, 5) is 4.34. The van der Waals surface area contributed by atoms with E-state index in [2.05, 4.69) is 37.0 Å². The maximum Gasteiger partial charge on any atom is 0.132 e. The molecule has 1 nitrogen and oxygen atoms in total. The summed E-state index contributed by atoms with van der Waals surface area (Å²) in [6, 6.07) is 6.31. The van der Waals surface area contributed by atoms with Crippen LogP contribution >= 0.6 is 11.6 Å². The van der Waals surface area contributed by atoms with E-state index in [1.165, 1.54) is 11.1 Å². The van der Waals surface area contributed by atoms with Crippen LogP contribution in [0.2, 0.25) is 5.15 Å². The number of aromatic nitrogens is 1. The van der Waals surface area contributed by atoms with Crippen molar-refractivity contribution in [3.05, 3.63) is 40.0 Å². The van der Waals surface area contributed by atoms with E-state index in [4.69, 9.17) is 11.6 Å². The fourth-order valence-corrected chi connectivity index (χ4v) is 1.67. The van der Waals surface area contributed by atoms with E-state index in [1.54, 1.807) is 0 Å². The molecule has 0 radical (unpaired) electrons. The number of rotatable bonds is 0. The highest BCUT2D eigenvalue weighted by atomic mass is 35.5. The van der Waals surface area contributed by atoms with E-state index in [0.717, 1.165) is 16.5 Å². The van der Waals surface area contributed by atoms with Crippen LogP contribution in [0.15, 0.2) is 18.2 Å². The second-order valence-electron chi connectivity index (χ2n) is 3.73. The Morgan fingerprint density at radius 1 is 0.929 bits per heavy atom. The average Bonchev–Trinajstić information content (AvgIpc) is 2.11. The van der Waals surface area contributed by atoms with Crippen molar-refractivity contribution in [1.82, 2.24) is 4.98 Å². The van der Waals surface area contributed by atoms with Crippen molar-refractivity contribution in [3.8, 4) is 0 Å². The Balaban J connectivity index is 2.83. The van der Waals surface area contributed by atoms with Gasteiger partial charge in [0.15, 0.2) is 0 Å². The Hall–Kier alpha value is -1.08. The number of hydrogen-bond donors (Lipinski definition) is 0. The number of hydrogen-bond acceptors (Lipinski definition) is 1. The van der Waals surface area contributed by atoms with Gasteiger partial charge >= 0.3 is 0 Å². The van der Waals surface area contributed by atoms with Crippen LogP contribution in [0.4, 0.5) is 0 Å². The molecule has 2 aromatic rings. The van der Waals surface area contributed by atoms with Crippen LogP contribution in [0.3, 0.4) is 0 Å². The van der Waals surface area contributed by atoms with Crippen LogP contribution in [-0.2, 0) is 0 Å². The van der Waals surface area contributed by atoms with Gasteiger partial charge in [-0.1, -0.05) is 11.6 Å². The minimum atomic E-state index is 0.598. The zero-order chi connectivity index (χ0) is 10.3. The van der Waals surface area contributed by atoms with E-state index in [0.29, 0.717) is 5.15 Å². The molecule has 2 heteroatoms. The molecule has 0 spiro atoms. The molecule has 1 aromatic carbocycles. The molecule has 1 aromatic heterocycles. The molecule has 0 bridgehead atoms. The van der Waals surface area contributed by atoms with E-state index in [-0.39, 0.29) is 0 Å². The lowest BCUT2D eigenvalue weighted by Gasteiger charge is -2.05. The fourth-order valence-electron chi connectivity index (χ4n) is 1.52. The summed E-state index contributed by atoms with van der Waals surface area (Å²) in [6.45, 7) is 6.17. The summed E-state index contributed by atoms with van der Waals surface area (Å²) < 4.78 is 0. The van der Waals surface area contributed by atoms with Crippen molar-refractivity contribution in [2.24, 2.45) is 0 Å². The molecule has 0 amide bonds. The number of fused-ring (bicyclic) bond motifs is 1. The van der Waals surface area contributed by atoms with Crippen molar-refractivity contribution < 1.29 is 0 Å². The first-order valence-corrected chi connectivity index (χ1v) is 5.00. The van der Waals surface area contributed by atoms with Crippen molar-refractivity contribution in [1.29, 1.82) is 0 Å². The van der Waals surface area contributed by atoms with Crippen LogP contribution in [0.5, 0.6) is 0 Å². The quantitative estimate of drug-likeness (QED) is 0.596. The predicted molar refractivity (Wildman–Crippen MR) is 61.0 cm³/mol. The highest BCUT2D eigenvalue weighted by molar-refractivity contribution is 6.30. The number of nitrogens with zero attached hydrogens (tertiary/aromatic N) is 1. The molecule has 0 aliphatic heterocycles. The largest absolute Gasteiger partial charge is 0.236 e. The van der Waals surface area contributed by atoms with Crippen LogP contribution in [0.25, 0.3) is 10.9 Å². The van der Waals surface area contributed by atoms with Gasteiger partial charge in [-0.05, 0) is 55.7 Å². The molecule has 0 atom stereocenters. The Morgan fingerprint density at radius 3 is 2.21 bits per heavy atom. The second kappa shape index (κ2) is 3.25. The van der Waals surface area contributed by atoms with Gasteiger partial charge in [0.05, 0.1) is 5.52 Å². The lowest BCUT2D eigenvalue weighted by Crippen LogP contribution is -1.87. The Labute approximate surface area is 88.7 Å². The minimum Gasteiger partial charge on any atom is -0.236 e. The summed E-state index contributed by atoms with van der Waals surface area (Å²) >= 11 is 5.97. The van der Waals surface area contributed by atoms with Gasteiger partial charge < -0.3 is 0 Å². The summed E-state index contributed by atoms with van der Waals surface area (Å²) in [5, 5.41) is 1.76. The number of aryl methyl sites for hydroxylation is 3. The van der Waals surface area contributed by atoms with Gasteiger partial charge in [0.25, 0.3) is 0 Å². The predicted octanol–water partition coefficient (Wildman–Crippen LogP) is 3.81. The van der Waals surface area contributed by atoms with E-state index < -0.39 is 0 Å². The zero-order valence-electron chi connectivity index (χ0n) is 8.56. The number of pyridine rings is 1. The molecule has 2 rings (SSSR count). The van der Waals surface area contributed by atoms with Gasteiger partial charge in [-0.15, -0.1) is 0 Å². The third kappa shape index (κ3) is 1.48. The Bertz CT molecular complexity index is 414. The molecule has 0 N–H and O–H groups in total. The highest BCUT2D eigenvalue weighted by Crippen LogP contribution is 2.22. The molecule has 0 aliphatic rings. The molecule has 0 fully saturated rings. The normalized spacial score (nSPS) is 10.9. The molecule has 14 heavy (non-hydrogen) atoms. The van der Waals surface area contributed by atoms with Crippen LogP contribution in [0, 0.1) is 20.8 Å². The summed E-state index contributed by atoms with van der Waals surface area (Å²) in [5.41, 5.74) is 4.55. The summed E-state index contributed by atoms with van der Waals surface area (Å²) in [5.74, 6) is 0. The zero-order valence-corrected chi connectivity index (χ0v) is 9.31. The van der Waals surface area contributed by atoms with Crippen molar-refractivity contribution in [2.75, 3.05) is 0 Å². The first kappa shape index (κ1) is 9.47. The summed E-state index contributed by atoms with van der Waals surface area (Å²) in [7, 11) is 0. The monoisotopic (exact) mass is 205 g/mol. The van der Waals surface area contributed by atoms with Crippen LogP contribution < -0.4 is 0 Å². The van der Waals surface area contributed by atoms with E-state index in [1.807, 2.05) is 6.92 Å². The molecule has 0 saturated carbocycles. The maximum atomic E-state index is 5.97. The molecule has 1 heterocycles. The van der Waals surface area contributed by atoms with Crippen LogP contribution in [-0.4, -0.2) is 4.98 Å². The van der Waals surface area contributed by atoms with Gasteiger partial charge in [0.2, 0.25) is 0 Å². The first-order valence-electron chi connectivity index (χ1n) is 4.62. The molecule has 0 aliphatic carbocycles. The third-order valence-corrected chi connectivity index (χ3v) is 2.94. The van der Waals surface area contributed by atoms with Gasteiger partial charge in [0.1, 0.15) is 5.15 Å². The lowest BCUT2D eigenvalue weighted by atomic mass is 10.1. The van der Waals surface area contributed by atoms with Crippen molar-refractivity contribution in [2.45, 2.75) is 20.8 Å². The van der Waals surface area contributed by atoms with Gasteiger partial charge in [0, 0.05) is 5.39 Å². The molecule has 0 saturated heterocycles. The Kier molecular flexibility index (Phi) is 2.20. The molecular formula is C12H12ClN. The minimum absolute atomic E-state index is 0.598.